The van der Waals surface area contributed by atoms with E-state index in [2.05, 4.69) is 20.8 Å². The Kier molecular flexibility index (Phi) is 5.16. The normalized spacial score (nSPS) is 14.1. The van der Waals surface area contributed by atoms with E-state index in [-0.39, 0.29) is 29.4 Å². The molecule has 8 heteroatoms. The van der Waals surface area contributed by atoms with E-state index in [9.17, 15) is 9.59 Å². The second kappa shape index (κ2) is 7.90. The fraction of sp³-hybridized carbons (Fsp3) is 0.333. The molecule has 1 unspecified atom stereocenters. The van der Waals surface area contributed by atoms with Gasteiger partial charge in [0.05, 0.1) is 11.7 Å². The zero-order valence-corrected chi connectivity index (χ0v) is 16.4. The third kappa shape index (κ3) is 3.91. The molecule has 0 aliphatic carbocycles. The molecule has 3 heterocycles. The Bertz CT molecular complexity index is 1040. The Hall–Kier alpha value is -3.42. The lowest BCUT2D eigenvalue weighted by Gasteiger charge is -2.18. The van der Waals surface area contributed by atoms with E-state index in [1.165, 1.54) is 0 Å². The molecule has 0 bridgehead atoms. The van der Waals surface area contributed by atoms with E-state index in [1.54, 1.807) is 13.0 Å². The summed E-state index contributed by atoms with van der Waals surface area (Å²) >= 11 is 0. The Labute approximate surface area is 168 Å². The maximum absolute atomic E-state index is 12.9. The summed E-state index contributed by atoms with van der Waals surface area (Å²) < 4.78 is 6.85. The smallest absolute Gasteiger partial charge is 0.287 e. The van der Waals surface area contributed by atoms with E-state index in [1.807, 2.05) is 41.8 Å². The number of hydrogen-bond acceptors (Lipinski definition) is 5. The van der Waals surface area contributed by atoms with Gasteiger partial charge in [-0.25, -0.2) is 4.98 Å². The number of benzene rings is 1. The second-order valence-corrected chi connectivity index (χ2v) is 7.22. The van der Waals surface area contributed by atoms with Crippen molar-refractivity contribution in [1.82, 2.24) is 20.0 Å². The van der Waals surface area contributed by atoms with Crippen LogP contribution in [0.15, 0.2) is 40.9 Å². The van der Waals surface area contributed by atoms with Gasteiger partial charge in [-0.2, -0.15) is 0 Å². The third-order valence-corrected chi connectivity index (χ3v) is 5.05. The highest BCUT2D eigenvalue weighted by Crippen LogP contribution is 2.23. The molecule has 0 fully saturated rings. The number of carbonyl (C=O) groups is 2. The summed E-state index contributed by atoms with van der Waals surface area (Å²) in [4.78, 5) is 30.1. The second-order valence-electron chi connectivity index (χ2n) is 7.22. The fourth-order valence-electron chi connectivity index (χ4n) is 3.59. The molecule has 3 aromatic rings. The fourth-order valence-corrected chi connectivity index (χ4v) is 3.59. The lowest BCUT2D eigenvalue weighted by atomic mass is 10.1. The highest BCUT2D eigenvalue weighted by molar-refractivity contribution is 6.04. The Morgan fingerprint density at radius 3 is 2.69 bits per heavy atom. The van der Waals surface area contributed by atoms with Gasteiger partial charge in [0, 0.05) is 12.6 Å². The molecule has 2 N–H and O–H groups in total. The number of hydrogen-bond donors (Lipinski definition) is 2. The van der Waals surface area contributed by atoms with E-state index in [0.29, 0.717) is 24.5 Å². The summed E-state index contributed by atoms with van der Waals surface area (Å²) in [6.07, 6.45) is 2.60. The predicted octanol–water partition coefficient (Wildman–Crippen LogP) is 3.26. The van der Waals surface area contributed by atoms with Gasteiger partial charge in [0.1, 0.15) is 5.76 Å². The highest BCUT2D eigenvalue weighted by Gasteiger charge is 2.28. The van der Waals surface area contributed by atoms with Crippen LogP contribution in [-0.4, -0.2) is 26.5 Å². The molecule has 0 saturated heterocycles. The minimum atomic E-state index is -0.390. The van der Waals surface area contributed by atoms with Gasteiger partial charge in [-0.1, -0.05) is 35.5 Å². The number of carbonyl (C=O) groups excluding carboxylic acids is 2. The van der Waals surface area contributed by atoms with Crippen LogP contribution in [0, 0.1) is 6.92 Å². The number of aryl methyl sites for hydroxylation is 1. The molecule has 2 amide bonds. The summed E-state index contributed by atoms with van der Waals surface area (Å²) in [6, 6.07) is 11.2. The SMILES string of the molecule is Cc1cc(NC(=O)c2nc(C(=O)NC(C)c3ccccc3)n3c2CCCC3)no1. The van der Waals surface area contributed by atoms with Crippen molar-refractivity contribution < 1.29 is 14.1 Å². The summed E-state index contributed by atoms with van der Waals surface area (Å²) in [7, 11) is 0. The number of aromatic nitrogens is 3. The van der Waals surface area contributed by atoms with Gasteiger partial charge in [0.15, 0.2) is 17.3 Å². The van der Waals surface area contributed by atoms with Gasteiger partial charge in [0.2, 0.25) is 0 Å². The van der Waals surface area contributed by atoms with Crippen LogP contribution in [0.5, 0.6) is 0 Å². The van der Waals surface area contributed by atoms with Crippen LogP contribution in [0.1, 0.15) is 63.9 Å². The molecule has 0 radical (unpaired) electrons. The number of imidazole rings is 1. The summed E-state index contributed by atoms with van der Waals surface area (Å²) in [6.45, 7) is 4.34. The number of amides is 2. The molecule has 1 aliphatic heterocycles. The first-order valence-corrected chi connectivity index (χ1v) is 9.73. The maximum atomic E-state index is 12.9. The van der Waals surface area contributed by atoms with E-state index < -0.39 is 0 Å². The average Bonchev–Trinajstić information content (AvgIpc) is 3.32. The quantitative estimate of drug-likeness (QED) is 0.693. The van der Waals surface area contributed by atoms with Crippen LogP contribution >= 0.6 is 0 Å². The van der Waals surface area contributed by atoms with Crippen molar-refractivity contribution in [3.8, 4) is 0 Å². The van der Waals surface area contributed by atoms with Crippen molar-refractivity contribution in [3.05, 3.63) is 64.9 Å². The van der Waals surface area contributed by atoms with Crippen molar-refractivity contribution in [3.63, 3.8) is 0 Å². The zero-order chi connectivity index (χ0) is 20.4. The first-order chi connectivity index (χ1) is 14.0. The molecule has 150 valence electrons. The number of anilines is 1. The van der Waals surface area contributed by atoms with Crippen LogP contribution in [0.3, 0.4) is 0 Å². The molecule has 1 aliphatic rings. The van der Waals surface area contributed by atoms with Crippen LogP contribution in [-0.2, 0) is 13.0 Å². The average molecular weight is 393 g/mol. The largest absolute Gasteiger partial charge is 0.360 e. The van der Waals surface area contributed by atoms with Crippen molar-refractivity contribution in [2.45, 2.75) is 45.7 Å². The third-order valence-electron chi connectivity index (χ3n) is 5.05. The number of fused-ring (bicyclic) bond motifs is 1. The summed E-state index contributed by atoms with van der Waals surface area (Å²) in [5.74, 6) is 0.514. The first kappa shape index (κ1) is 18.9. The van der Waals surface area contributed by atoms with Gasteiger partial charge in [0.25, 0.3) is 11.8 Å². The molecule has 4 rings (SSSR count). The molecule has 2 aromatic heterocycles. The lowest BCUT2D eigenvalue weighted by molar-refractivity contribution is 0.0923. The molecule has 8 nitrogen and oxygen atoms in total. The van der Waals surface area contributed by atoms with Crippen LogP contribution in [0.2, 0.25) is 0 Å². The highest BCUT2D eigenvalue weighted by atomic mass is 16.5. The molecular weight excluding hydrogens is 370 g/mol. The van der Waals surface area contributed by atoms with Crippen LogP contribution < -0.4 is 10.6 Å². The standard InChI is InChI=1S/C21H23N5O3/c1-13-12-17(25-29-13)23-20(27)18-16-10-6-7-11-26(16)19(24-18)21(28)22-14(2)15-8-4-3-5-9-15/h3-5,8-9,12,14H,6-7,10-11H2,1-2H3,(H,22,28)(H,23,25,27). The number of rotatable bonds is 5. The summed E-state index contributed by atoms with van der Waals surface area (Å²) in [5.41, 5.74) is 2.06. The molecule has 29 heavy (non-hydrogen) atoms. The predicted molar refractivity (Wildman–Crippen MR) is 107 cm³/mol. The summed E-state index contributed by atoms with van der Waals surface area (Å²) in [5, 5.41) is 9.47. The van der Waals surface area contributed by atoms with E-state index in [4.69, 9.17) is 4.52 Å². The minimum Gasteiger partial charge on any atom is -0.360 e. The monoisotopic (exact) mass is 393 g/mol. The zero-order valence-electron chi connectivity index (χ0n) is 16.4. The molecule has 1 aromatic carbocycles. The lowest BCUT2D eigenvalue weighted by Crippen LogP contribution is -2.30. The van der Waals surface area contributed by atoms with Crippen LogP contribution in [0.4, 0.5) is 5.82 Å². The van der Waals surface area contributed by atoms with Gasteiger partial charge in [-0.3, -0.25) is 9.59 Å². The molecule has 0 saturated carbocycles. The Balaban J connectivity index is 1.59. The topological polar surface area (TPSA) is 102 Å². The molecule has 0 spiro atoms. The van der Waals surface area contributed by atoms with Gasteiger partial charge in [-0.15, -0.1) is 0 Å². The Morgan fingerprint density at radius 1 is 1.17 bits per heavy atom. The van der Waals surface area contributed by atoms with Crippen molar-refractivity contribution >= 4 is 17.6 Å². The van der Waals surface area contributed by atoms with Crippen LogP contribution in [0.25, 0.3) is 0 Å². The van der Waals surface area contributed by atoms with Gasteiger partial charge >= 0.3 is 0 Å². The van der Waals surface area contributed by atoms with Crippen molar-refractivity contribution in [2.75, 3.05) is 5.32 Å². The van der Waals surface area contributed by atoms with E-state index >= 15 is 0 Å². The van der Waals surface area contributed by atoms with Gasteiger partial charge < -0.3 is 19.7 Å². The van der Waals surface area contributed by atoms with E-state index in [0.717, 1.165) is 24.1 Å². The first-order valence-electron chi connectivity index (χ1n) is 9.73. The molecule has 1 atom stereocenters. The maximum Gasteiger partial charge on any atom is 0.287 e. The van der Waals surface area contributed by atoms with Crippen molar-refractivity contribution in [1.29, 1.82) is 0 Å². The Morgan fingerprint density at radius 2 is 1.97 bits per heavy atom. The molecular formula is C21H23N5O3. The van der Waals surface area contributed by atoms with Gasteiger partial charge in [-0.05, 0) is 38.7 Å². The number of nitrogens with zero attached hydrogens (tertiary/aromatic N) is 3. The number of nitrogens with one attached hydrogen (secondary N) is 2. The minimum absolute atomic E-state index is 0.171. The van der Waals surface area contributed by atoms with Crippen molar-refractivity contribution in [2.24, 2.45) is 0 Å².